The van der Waals surface area contributed by atoms with Gasteiger partial charge in [0.05, 0.1) is 25.3 Å². The van der Waals surface area contributed by atoms with Crippen molar-refractivity contribution in [3.8, 4) is 11.5 Å². The van der Waals surface area contributed by atoms with E-state index in [-0.39, 0.29) is 11.3 Å². The first-order valence-electron chi connectivity index (χ1n) is 11.5. The highest BCUT2D eigenvalue weighted by atomic mass is 16.5. The number of pyridine rings is 1. The van der Waals surface area contributed by atoms with Crippen LogP contribution in [0.1, 0.15) is 43.4 Å². The Labute approximate surface area is 200 Å². The van der Waals surface area contributed by atoms with Crippen molar-refractivity contribution in [3.05, 3.63) is 59.4 Å². The zero-order valence-corrected chi connectivity index (χ0v) is 20.3. The van der Waals surface area contributed by atoms with Crippen LogP contribution in [0, 0.1) is 0 Å². The normalized spacial score (nSPS) is 17.4. The van der Waals surface area contributed by atoms with Crippen LogP contribution in [0.3, 0.4) is 0 Å². The van der Waals surface area contributed by atoms with Crippen molar-refractivity contribution in [2.75, 3.05) is 40.9 Å². The molecule has 0 aliphatic carbocycles. The second-order valence-corrected chi connectivity index (χ2v) is 8.50. The predicted molar refractivity (Wildman–Crippen MR) is 130 cm³/mol. The minimum absolute atomic E-state index is 0.0497. The highest BCUT2D eigenvalue weighted by Gasteiger charge is 2.46. The number of rotatable bonds is 11. The summed E-state index contributed by atoms with van der Waals surface area (Å²) in [6, 6.07) is 7.83. The number of likely N-dealkylation sites (tertiary alicyclic amines) is 1. The average Bonchev–Trinajstić information content (AvgIpc) is 3.10. The summed E-state index contributed by atoms with van der Waals surface area (Å²) in [5.74, 6) is -0.465. The van der Waals surface area contributed by atoms with Gasteiger partial charge in [0.25, 0.3) is 11.7 Å². The van der Waals surface area contributed by atoms with Gasteiger partial charge in [-0.1, -0.05) is 25.8 Å². The van der Waals surface area contributed by atoms with E-state index in [1.54, 1.807) is 31.4 Å². The molecule has 182 valence electrons. The molecule has 1 aliphatic heterocycles. The third-order valence-electron chi connectivity index (χ3n) is 5.79. The molecule has 0 saturated carbocycles. The van der Waals surface area contributed by atoms with Gasteiger partial charge in [-0.3, -0.25) is 14.6 Å². The van der Waals surface area contributed by atoms with Crippen LogP contribution in [-0.4, -0.2) is 72.5 Å². The molecule has 1 amide bonds. The third-order valence-corrected chi connectivity index (χ3v) is 5.79. The Morgan fingerprint density at radius 2 is 1.85 bits per heavy atom. The van der Waals surface area contributed by atoms with Crippen LogP contribution in [0.2, 0.25) is 0 Å². The lowest BCUT2D eigenvalue weighted by atomic mass is 9.95. The van der Waals surface area contributed by atoms with Crippen molar-refractivity contribution in [1.29, 1.82) is 0 Å². The number of unbranched alkanes of at least 4 members (excludes halogenated alkanes) is 2. The first kappa shape index (κ1) is 25.2. The summed E-state index contributed by atoms with van der Waals surface area (Å²) in [4.78, 5) is 33.5. The van der Waals surface area contributed by atoms with Gasteiger partial charge in [-0.2, -0.15) is 0 Å². The van der Waals surface area contributed by atoms with E-state index >= 15 is 0 Å². The number of hydrogen-bond donors (Lipinski definition) is 1. The highest BCUT2D eigenvalue weighted by molar-refractivity contribution is 6.46. The fraction of sp³-hybridized carbons (Fsp3) is 0.423. The van der Waals surface area contributed by atoms with Crippen LogP contribution >= 0.6 is 0 Å². The van der Waals surface area contributed by atoms with Gasteiger partial charge in [0.15, 0.2) is 11.5 Å². The number of carbonyl (C=O) groups excluding carboxylic acids is 2. The first-order valence-corrected chi connectivity index (χ1v) is 11.5. The van der Waals surface area contributed by atoms with Crippen LogP contribution in [0.5, 0.6) is 11.5 Å². The van der Waals surface area contributed by atoms with Crippen molar-refractivity contribution in [2.24, 2.45) is 0 Å². The molecule has 2 aromatic rings. The highest BCUT2D eigenvalue weighted by Crippen LogP contribution is 2.41. The summed E-state index contributed by atoms with van der Waals surface area (Å²) >= 11 is 0. The zero-order valence-electron chi connectivity index (χ0n) is 20.3. The molecule has 1 aromatic heterocycles. The monoisotopic (exact) mass is 467 g/mol. The fourth-order valence-corrected chi connectivity index (χ4v) is 3.94. The molecule has 3 rings (SSSR count). The molecule has 8 heteroatoms. The number of benzene rings is 1. The Kier molecular flexibility index (Phi) is 8.65. The van der Waals surface area contributed by atoms with Crippen molar-refractivity contribution in [2.45, 2.75) is 32.2 Å². The smallest absolute Gasteiger partial charge is 0.295 e. The van der Waals surface area contributed by atoms with Crippen molar-refractivity contribution < 1.29 is 24.2 Å². The van der Waals surface area contributed by atoms with E-state index in [2.05, 4.69) is 11.9 Å². The quantitative estimate of drug-likeness (QED) is 0.233. The summed E-state index contributed by atoms with van der Waals surface area (Å²) in [5.41, 5.74) is 1.13. The van der Waals surface area contributed by atoms with Crippen LogP contribution in [0.25, 0.3) is 5.76 Å². The van der Waals surface area contributed by atoms with Gasteiger partial charge in [0.1, 0.15) is 5.76 Å². The number of amides is 1. The Hall–Kier alpha value is -3.39. The van der Waals surface area contributed by atoms with Gasteiger partial charge >= 0.3 is 0 Å². The molecule has 2 heterocycles. The zero-order chi connectivity index (χ0) is 24.7. The number of methoxy groups -OCH3 is 1. The number of Topliss-reactive ketones (excluding diaryl/α,β-unsaturated/α-hetero) is 1. The number of aliphatic hydroxyl groups excluding tert-OH is 1. The molecule has 34 heavy (non-hydrogen) atoms. The predicted octanol–water partition coefficient (Wildman–Crippen LogP) is 3.64. The molecule has 1 N–H and O–H groups in total. The van der Waals surface area contributed by atoms with E-state index in [1.165, 1.54) is 17.3 Å². The van der Waals surface area contributed by atoms with Crippen LogP contribution in [0.15, 0.2) is 48.3 Å². The molecule has 1 aliphatic rings. The lowest BCUT2D eigenvalue weighted by molar-refractivity contribution is -0.140. The van der Waals surface area contributed by atoms with Crippen LogP contribution < -0.4 is 9.47 Å². The number of likely N-dealkylation sites (N-methyl/N-ethyl adjacent to an activating group) is 1. The number of ketones is 1. The number of carbonyl (C=O) groups is 2. The van der Waals surface area contributed by atoms with E-state index in [0.717, 1.165) is 19.3 Å². The van der Waals surface area contributed by atoms with Crippen molar-refractivity contribution in [3.63, 3.8) is 0 Å². The number of aromatic nitrogens is 1. The molecular formula is C26H33N3O5. The molecule has 0 spiro atoms. The maximum atomic E-state index is 13.1. The first-order chi connectivity index (χ1) is 16.4. The molecule has 0 radical (unpaired) electrons. The third kappa shape index (κ3) is 5.56. The minimum Gasteiger partial charge on any atom is -0.507 e. The Balaban J connectivity index is 2.05. The van der Waals surface area contributed by atoms with Crippen LogP contribution in [-0.2, 0) is 9.59 Å². The standard InChI is InChI=1S/C26H33N3O5/c1-5-6-7-16-34-20-9-8-19(17-21(20)33-4)23-22(24(30)18-10-12-27-13-11-18)25(31)26(32)29(23)15-14-28(2)3/h8-13,17,23,30H,5-7,14-16H2,1-4H3/b24-22+. The number of ether oxygens (including phenoxy) is 2. The van der Waals surface area contributed by atoms with E-state index in [4.69, 9.17) is 9.47 Å². The number of hydrogen-bond acceptors (Lipinski definition) is 7. The van der Waals surface area contributed by atoms with Crippen molar-refractivity contribution in [1.82, 2.24) is 14.8 Å². The molecule has 1 atom stereocenters. The Morgan fingerprint density at radius 3 is 2.50 bits per heavy atom. The van der Waals surface area contributed by atoms with Gasteiger partial charge in [0, 0.05) is 31.0 Å². The summed E-state index contributed by atoms with van der Waals surface area (Å²) in [7, 11) is 5.35. The maximum Gasteiger partial charge on any atom is 0.295 e. The molecule has 1 aromatic carbocycles. The lowest BCUT2D eigenvalue weighted by Crippen LogP contribution is -2.35. The molecule has 1 saturated heterocycles. The minimum atomic E-state index is -0.754. The molecule has 0 bridgehead atoms. The van der Waals surface area contributed by atoms with Gasteiger partial charge in [-0.15, -0.1) is 0 Å². The van der Waals surface area contributed by atoms with Crippen LogP contribution in [0.4, 0.5) is 0 Å². The lowest BCUT2D eigenvalue weighted by Gasteiger charge is -2.27. The topological polar surface area (TPSA) is 92.2 Å². The van der Waals surface area contributed by atoms with Gasteiger partial charge in [-0.05, 0) is 50.3 Å². The molecule has 8 nitrogen and oxygen atoms in total. The second kappa shape index (κ2) is 11.7. The Bertz CT molecular complexity index is 1040. The van der Waals surface area contributed by atoms with Crippen molar-refractivity contribution >= 4 is 17.4 Å². The summed E-state index contributed by atoms with van der Waals surface area (Å²) in [6.45, 7) is 3.60. The second-order valence-electron chi connectivity index (χ2n) is 8.50. The largest absolute Gasteiger partial charge is 0.507 e. The SMILES string of the molecule is CCCCCOc1ccc(C2/C(=C(\O)c3ccncc3)C(=O)C(=O)N2CCN(C)C)cc1OC. The molecule has 1 fully saturated rings. The summed E-state index contributed by atoms with van der Waals surface area (Å²) in [6.07, 6.45) is 6.18. The molecular weight excluding hydrogens is 434 g/mol. The van der Waals surface area contributed by atoms with E-state index in [9.17, 15) is 14.7 Å². The maximum absolute atomic E-state index is 13.1. The summed E-state index contributed by atoms with van der Waals surface area (Å²) < 4.78 is 11.5. The Morgan fingerprint density at radius 1 is 1.12 bits per heavy atom. The average molecular weight is 468 g/mol. The van der Waals surface area contributed by atoms with E-state index in [1.807, 2.05) is 25.1 Å². The molecule has 1 unspecified atom stereocenters. The van der Waals surface area contributed by atoms with E-state index < -0.39 is 17.7 Å². The fourth-order valence-electron chi connectivity index (χ4n) is 3.94. The number of aliphatic hydroxyl groups is 1. The number of nitrogens with zero attached hydrogens (tertiary/aromatic N) is 3. The summed E-state index contributed by atoms with van der Waals surface area (Å²) in [5, 5.41) is 11.1. The van der Waals surface area contributed by atoms with Gasteiger partial charge in [0.2, 0.25) is 0 Å². The van der Waals surface area contributed by atoms with E-state index in [0.29, 0.717) is 42.3 Å². The van der Waals surface area contributed by atoms with Gasteiger partial charge in [-0.25, -0.2) is 0 Å². The van der Waals surface area contributed by atoms with Gasteiger partial charge < -0.3 is 24.4 Å².